The molecule has 0 unspecified atom stereocenters. The van der Waals surface area contributed by atoms with Crippen LogP contribution in [0, 0.1) is 11.8 Å². The van der Waals surface area contributed by atoms with Crippen LogP contribution in [0.15, 0.2) is 30.1 Å². The Balaban J connectivity index is 2.27. The standard InChI is InChI=1S/C21H28N4O3/c1-3-23-20(27)16-8-11-19(15(13-16)7-5-4-6-12-26)25(2)14-18(22)21(28)24-17-9-10-17/h8,11,13-14,17,26H,3-4,6,9-10,12,22H2,1-2H3,(H,23,27)(H,24,28)/b18-14-. The molecule has 150 valence electrons. The van der Waals surface area contributed by atoms with Crippen LogP contribution in [-0.4, -0.2) is 43.2 Å². The summed E-state index contributed by atoms with van der Waals surface area (Å²) in [7, 11) is 1.78. The Morgan fingerprint density at radius 1 is 1.39 bits per heavy atom. The van der Waals surface area contributed by atoms with Gasteiger partial charge >= 0.3 is 0 Å². The van der Waals surface area contributed by atoms with Crippen molar-refractivity contribution in [3.8, 4) is 11.8 Å². The van der Waals surface area contributed by atoms with Crippen molar-refractivity contribution in [2.75, 3.05) is 25.1 Å². The predicted octanol–water partition coefficient (Wildman–Crippen LogP) is 1.08. The number of carbonyl (C=O) groups is 2. The number of anilines is 1. The number of rotatable bonds is 8. The summed E-state index contributed by atoms with van der Waals surface area (Å²) in [5.74, 6) is 5.60. The van der Waals surface area contributed by atoms with Crippen molar-refractivity contribution in [2.45, 2.75) is 38.6 Å². The van der Waals surface area contributed by atoms with Gasteiger partial charge in [-0.05, 0) is 44.4 Å². The highest BCUT2D eigenvalue weighted by atomic mass is 16.3. The first-order valence-corrected chi connectivity index (χ1v) is 9.49. The minimum atomic E-state index is -0.288. The molecule has 0 spiro atoms. The van der Waals surface area contributed by atoms with Gasteiger partial charge in [0.25, 0.3) is 11.8 Å². The number of aliphatic hydroxyl groups excluding tert-OH is 1. The predicted molar refractivity (Wildman–Crippen MR) is 109 cm³/mol. The molecule has 0 radical (unpaired) electrons. The fourth-order valence-electron chi connectivity index (χ4n) is 2.51. The minimum absolute atomic E-state index is 0.0791. The maximum Gasteiger partial charge on any atom is 0.268 e. The zero-order chi connectivity index (χ0) is 20.5. The maximum atomic E-state index is 12.1. The summed E-state index contributed by atoms with van der Waals surface area (Å²) in [6, 6.07) is 5.44. The Morgan fingerprint density at radius 2 is 2.14 bits per heavy atom. The van der Waals surface area contributed by atoms with Gasteiger partial charge in [0.05, 0.1) is 5.69 Å². The third-order valence-corrected chi connectivity index (χ3v) is 4.17. The van der Waals surface area contributed by atoms with E-state index in [0.717, 1.165) is 18.5 Å². The van der Waals surface area contributed by atoms with E-state index in [-0.39, 0.29) is 30.2 Å². The molecule has 0 atom stereocenters. The summed E-state index contributed by atoms with van der Waals surface area (Å²) in [6.07, 6.45) is 4.67. The van der Waals surface area contributed by atoms with Gasteiger partial charge < -0.3 is 26.4 Å². The minimum Gasteiger partial charge on any atom is -0.396 e. The summed E-state index contributed by atoms with van der Waals surface area (Å²) < 4.78 is 0. The van der Waals surface area contributed by atoms with E-state index in [4.69, 9.17) is 10.8 Å². The van der Waals surface area contributed by atoms with Crippen LogP contribution in [0.3, 0.4) is 0 Å². The first kappa shape index (κ1) is 21.3. The molecule has 1 aliphatic carbocycles. The molecule has 0 aromatic heterocycles. The highest BCUT2D eigenvalue weighted by molar-refractivity contribution is 5.95. The van der Waals surface area contributed by atoms with Crippen molar-refractivity contribution < 1.29 is 14.7 Å². The number of benzene rings is 1. The van der Waals surface area contributed by atoms with E-state index < -0.39 is 0 Å². The van der Waals surface area contributed by atoms with Crippen molar-refractivity contribution in [1.82, 2.24) is 10.6 Å². The van der Waals surface area contributed by atoms with Gasteiger partial charge in [0.1, 0.15) is 5.70 Å². The first-order valence-electron chi connectivity index (χ1n) is 9.49. The van der Waals surface area contributed by atoms with Crippen LogP contribution < -0.4 is 21.3 Å². The molecule has 2 amide bonds. The second-order valence-corrected chi connectivity index (χ2v) is 6.66. The largest absolute Gasteiger partial charge is 0.396 e. The van der Waals surface area contributed by atoms with Gasteiger partial charge in [0.15, 0.2) is 0 Å². The summed E-state index contributed by atoms with van der Waals surface area (Å²) >= 11 is 0. The smallest absolute Gasteiger partial charge is 0.268 e. The van der Waals surface area contributed by atoms with Crippen LogP contribution in [0.25, 0.3) is 0 Å². The van der Waals surface area contributed by atoms with Gasteiger partial charge in [0, 0.05) is 50.0 Å². The number of nitrogens with zero attached hydrogens (tertiary/aromatic N) is 1. The monoisotopic (exact) mass is 384 g/mol. The summed E-state index contributed by atoms with van der Waals surface area (Å²) in [4.78, 5) is 25.9. The van der Waals surface area contributed by atoms with E-state index in [1.54, 1.807) is 36.3 Å². The number of carbonyl (C=O) groups excluding carboxylic acids is 2. The van der Waals surface area contributed by atoms with Crippen LogP contribution in [-0.2, 0) is 4.79 Å². The lowest BCUT2D eigenvalue weighted by molar-refractivity contribution is -0.117. The van der Waals surface area contributed by atoms with Gasteiger partial charge in [-0.2, -0.15) is 0 Å². The van der Waals surface area contributed by atoms with Gasteiger partial charge in [-0.3, -0.25) is 9.59 Å². The fourth-order valence-corrected chi connectivity index (χ4v) is 2.51. The van der Waals surface area contributed by atoms with E-state index in [1.807, 2.05) is 6.92 Å². The lowest BCUT2D eigenvalue weighted by Crippen LogP contribution is -2.31. The van der Waals surface area contributed by atoms with Crippen molar-refractivity contribution >= 4 is 17.5 Å². The molecule has 1 saturated carbocycles. The van der Waals surface area contributed by atoms with Crippen molar-refractivity contribution in [3.05, 3.63) is 41.2 Å². The number of aliphatic hydroxyl groups is 1. The molecule has 28 heavy (non-hydrogen) atoms. The zero-order valence-corrected chi connectivity index (χ0v) is 16.4. The van der Waals surface area contributed by atoms with Crippen molar-refractivity contribution in [1.29, 1.82) is 0 Å². The quantitative estimate of drug-likeness (QED) is 0.305. The molecule has 0 bridgehead atoms. The van der Waals surface area contributed by atoms with E-state index in [0.29, 0.717) is 30.5 Å². The van der Waals surface area contributed by atoms with Crippen molar-refractivity contribution in [3.63, 3.8) is 0 Å². The Hall–Kier alpha value is -2.98. The van der Waals surface area contributed by atoms with Gasteiger partial charge in [-0.1, -0.05) is 11.8 Å². The number of amides is 2. The Morgan fingerprint density at radius 3 is 2.79 bits per heavy atom. The Bertz CT molecular complexity index is 804. The van der Waals surface area contributed by atoms with Gasteiger partial charge in [-0.25, -0.2) is 0 Å². The van der Waals surface area contributed by atoms with Crippen LogP contribution >= 0.6 is 0 Å². The van der Waals surface area contributed by atoms with E-state index in [9.17, 15) is 9.59 Å². The molecule has 7 heteroatoms. The Labute approximate surface area is 166 Å². The van der Waals surface area contributed by atoms with Crippen LogP contribution in [0.5, 0.6) is 0 Å². The molecule has 0 aliphatic heterocycles. The SMILES string of the molecule is CCNC(=O)c1ccc(N(C)/C=C(\N)C(=O)NC2CC2)c(C#CCCCO)c1. The van der Waals surface area contributed by atoms with Crippen LogP contribution in [0.4, 0.5) is 5.69 Å². The Kier molecular flexibility index (Phi) is 7.90. The number of hydrogen-bond donors (Lipinski definition) is 4. The molecule has 2 rings (SSSR count). The molecule has 1 fully saturated rings. The second kappa shape index (κ2) is 10.4. The molecule has 0 heterocycles. The van der Waals surface area contributed by atoms with E-state index >= 15 is 0 Å². The third kappa shape index (κ3) is 6.32. The molecular formula is C21H28N4O3. The average molecular weight is 384 g/mol. The lowest BCUT2D eigenvalue weighted by Gasteiger charge is -2.18. The molecular weight excluding hydrogens is 356 g/mol. The van der Waals surface area contributed by atoms with E-state index in [1.165, 1.54) is 0 Å². The van der Waals surface area contributed by atoms with Crippen LogP contribution in [0.2, 0.25) is 0 Å². The van der Waals surface area contributed by atoms with Gasteiger partial charge in [0.2, 0.25) is 0 Å². The lowest BCUT2D eigenvalue weighted by atomic mass is 10.1. The molecule has 7 nitrogen and oxygen atoms in total. The summed E-state index contributed by atoms with van der Waals surface area (Å²) in [6.45, 7) is 2.47. The molecule has 1 aliphatic rings. The molecule has 0 saturated heterocycles. The first-order chi connectivity index (χ1) is 13.5. The van der Waals surface area contributed by atoms with Crippen molar-refractivity contribution in [2.24, 2.45) is 5.73 Å². The third-order valence-electron chi connectivity index (χ3n) is 4.17. The topological polar surface area (TPSA) is 108 Å². The number of nitrogens with two attached hydrogens (primary N) is 1. The van der Waals surface area contributed by atoms with Crippen LogP contribution in [0.1, 0.15) is 48.5 Å². The average Bonchev–Trinajstić information content (AvgIpc) is 3.49. The number of unbranched alkanes of at least 4 members (excludes halogenated alkanes) is 1. The second-order valence-electron chi connectivity index (χ2n) is 6.66. The highest BCUT2D eigenvalue weighted by Crippen LogP contribution is 2.22. The maximum absolute atomic E-state index is 12.1. The highest BCUT2D eigenvalue weighted by Gasteiger charge is 2.24. The number of hydrogen-bond acceptors (Lipinski definition) is 5. The summed E-state index contributed by atoms with van der Waals surface area (Å²) in [5.41, 5.74) is 7.92. The summed E-state index contributed by atoms with van der Waals surface area (Å²) in [5, 5.41) is 14.5. The fraction of sp³-hybridized carbons (Fsp3) is 0.429. The molecule has 5 N–H and O–H groups in total. The molecule has 1 aromatic rings. The normalized spacial score (nSPS) is 13.3. The molecule has 1 aromatic carbocycles. The van der Waals surface area contributed by atoms with Gasteiger partial charge in [-0.15, -0.1) is 0 Å². The van der Waals surface area contributed by atoms with E-state index in [2.05, 4.69) is 22.5 Å². The number of nitrogens with one attached hydrogen (secondary N) is 2. The zero-order valence-electron chi connectivity index (χ0n) is 16.4.